The van der Waals surface area contributed by atoms with Gasteiger partial charge in [-0.05, 0) is 0 Å². The Morgan fingerprint density at radius 2 is 1.62 bits per heavy atom. The first kappa shape index (κ1) is 32.8. The van der Waals surface area contributed by atoms with E-state index in [-0.39, 0.29) is 29.6 Å². The quantitative estimate of drug-likeness (QED) is 0.0981. The van der Waals surface area contributed by atoms with Crippen molar-refractivity contribution in [2.75, 3.05) is 13.2 Å². The Balaban J connectivity index is 0.00000481. The normalized spacial score (nSPS) is 37.4. The second-order valence-corrected chi connectivity index (χ2v) is 10.6. The molecule has 0 spiro atoms. The molecule has 0 bridgehead atoms. The van der Waals surface area contributed by atoms with E-state index in [0.29, 0.717) is 4.57 Å². The molecule has 2 aliphatic heterocycles. The van der Waals surface area contributed by atoms with Gasteiger partial charge in [0.05, 0.1) is 13.2 Å². The maximum Gasteiger partial charge on any atom is 1.00 e. The zero-order chi connectivity index (χ0) is 27.0. The average Bonchev–Trinajstić information content (AvgIpc) is 3.06. The van der Waals surface area contributed by atoms with Gasteiger partial charge >= 0.3 is 43.1 Å². The summed E-state index contributed by atoms with van der Waals surface area (Å²) >= 11 is 0. The Morgan fingerprint density at radius 1 is 1.00 bits per heavy atom. The van der Waals surface area contributed by atoms with Gasteiger partial charge in [-0.3, -0.25) is 28.0 Å². The molecule has 2 aliphatic rings. The van der Waals surface area contributed by atoms with Gasteiger partial charge < -0.3 is 49.9 Å². The summed E-state index contributed by atoms with van der Waals surface area (Å²) in [6.07, 6.45) is -15.6. The number of phosphoric acid groups is 2. The van der Waals surface area contributed by atoms with Crippen molar-refractivity contribution in [3.8, 4) is 0 Å². The molecule has 37 heavy (non-hydrogen) atoms. The summed E-state index contributed by atoms with van der Waals surface area (Å²) in [6.45, 7) is -1.97. The van der Waals surface area contributed by atoms with E-state index in [2.05, 4.69) is 13.4 Å². The molecule has 0 aromatic carbocycles. The summed E-state index contributed by atoms with van der Waals surface area (Å²) in [7, 11) is -11.4. The Labute approximate surface area is 228 Å². The minimum absolute atomic E-state index is 0. The van der Waals surface area contributed by atoms with E-state index < -0.39 is 95.4 Å². The van der Waals surface area contributed by atoms with Gasteiger partial charge in [0.2, 0.25) is 0 Å². The number of hydrogen-bond acceptors (Lipinski definition) is 16. The third-order valence-corrected chi connectivity index (χ3v) is 7.72. The van der Waals surface area contributed by atoms with Crippen molar-refractivity contribution in [3.63, 3.8) is 0 Å². The Morgan fingerprint density at radius 3 is 2.22 bits per heavy atom. The van der Waals surface area contributed by atoms with Crippen molar-refractivity contribution in [2.24, 2.45) is 0 Å². The van der Waals surface area contributed by atoms with E-state index in [1.165, 1.54) is 0 Å². The summed E-state index contributed by atoms with van der Waals surface area (Å²) in [5.74, 6) is 0. The van der Waals surface area contributed by atoms with Crippen LogP contribution in [0.1, 0.15) is 6.23 Å². The van der Waals surface area contributed by atoms with Gasteiger partial charge in [-0.2, -0.15) is 0 Å². The van der Waals surface area contributed by atoms with Crippen LogP contribution in [0.4, 0.5) is 0 Å². The molecule has 0 radical (unpaired) electrons. The fraction of sp³-hybridized carbons (Fsp3) is 0.733. The first-order chi connectivity index (χ1) is 16.7. The van der Waals surface area contributed by atoms with Gasteiger partial charge in [-0.1, -0.05) is 0 Å². The number of rotatable bonds is 9. The molecule has 0 aliphatic carbocycles. The molecule has 2 fully saturated rings. The van der Waals surface area contributed by atoms with Gasteiger partial charge in [-0.15, -0.1) is 0 Å². The zero-order valence-electron chi connectivity index (χ0n) is 18.8. The molecule has 0 saturated carbocycles. The molecule has 22 heteroatoms. The molecule has 2 saturated heterocycles. The number of aromatic amines is 1. The van der Waals surface area contributed by atoms with Crippen LogP contribution < -0.4 is 45.7 Å². The topological polar surface area (TPSA) is 300 Å². The molecule has 10 unspecified atom stereocenters. The predicted octanol–water partition coefficient (Wildman–Crippen LogP) is -8.42. The molecule has 8 N–H and O–H groups in total. The first-order valence-electron chi connectivity index (χ1n) is 9.97. The second-order valence-electron chi connectivity index (χ2n) is 7.66. The van der Waals surface area contributed by atoms with E-state index >= 15 is 0 Å². The van der Waals surface area contributed by atoms with E-state index in [4.69, 9.17) is 14.6 Å². The van der Waals surface area contributed by atoms with Crippen LogP contribution in [-0.2, 0) is 32.0 Å². The SMILES string of the molecule is O=c1ccn([C@H]2OC(COP(=O)(O)OP(=O)([O-])OC3OC(CO)C(O)C(O)C3O)C(O)C2O)c(=O)[nH]1.[Na+]. The smallest absolute Gasteiger partial charge is 0.756 e. The van der Waals surface area contributed by atoms with Crippen molar-refractivity contribution in [1.82, 2.24) is 9.55 Å². The molecule has 11 atom stereocenters. The van der Waals surface area contributed by atoms with Gasteiger partial charge in [0.1, 0.15) is 42.7 Å². The van der Waals surface area contributed by atoms with Crippen LogP contribution in [0.3, 0.4) is 0 Å². The fourth-order valence-electron chi connectivity index (χ4n) is 3.34. The number of aliphatic hydroxyl groups excluding tert-OH is 6. The van der Waals surface area contributed by atoms with Crippen molar-refractivity contribution in [3.05, 3.63) is 33.1 Å². The van der Waals surface area contributed by atoms with Crippen LogP contribution >= 0.6 is 15.6 Å². The van der Waals surface area contributed by atoms with E-state index in [1.54, 1.807) is 0 Å². The molecular weight excluding hydrogens is 565 g/mol. The Kier molecular flexibility index (Phi) is 11.4. The summed E-state index contributed by atoms with van der Waals surface area (Å²) < 4.78 is 47.6. The largest absolute Gasteiger partial charge is 1.00 e. The maximum atomic E-state index is 12.1. The number of hydrogen-bond donors (Lipinski definition) is 8. The molecule has 19 nitrogen and oxygen atoms in total. The fourth-order valence-corrected chi connectivity index (χ4v) is 5.46. The Hall–Kier alpha value is -0.380. The van der Waals surface area contributed by atoms with Crippen LogP contribution in [0.5, 0.6) is 0 Å². The summed E-state index contributed by atoms with van der Waals surface area (Å²) in [5, 5.41) is 58.5. The third kappa shape index (κ3) is 7.85. The maximum absolute atomic E-state index is 12.1. The average molecular weight is 588 g/mol. The van der Waals surface area contributed by atoms with Gasteiger partial charge in [0.15, 0.2) is 12.5 Å². The third-order valence-electron chi connectivity index (χ3n) is 5.15. The number of ether oxygens (including phenoxy) is 2. The second kappa shape index (κ2) is 12.9. The number of phosphoric ester groups is 2. The van der Waals surface area contributed by atoms with Gasteiger partial charge in [0, 0.05) is 12.3 Å². The van der Waals surface area contributed by atoms with E-state index in [1.807, 2.05) is 4.98 Å². The van der Waals surface area contributed by atoms with Gasteiger partial charge in [-0.25, -0.2) is 13.7 Å². The molecule has 1 aromatic heterocycles. The van der Waals surface area contributed by atoms with Crippen LogP contribution in [0.2, 0.25) is 0 Å². The molecular formula is C15H23N2NaO17P2. The molecule has 206 valence electrons. The van der Waals surface area contributed by atoms with Crippen molar-refractivity contribution in [2.45, 2.75) is 55.2 Å². The monoisotopic (exact) mass is 588 g/mol. The summed E-state index contributed by atoms with van der Waals surface area (Å²) in [6, 6.07) is 0.921. The van der Waals surface area contributed by atoms with Gasteiger partial charge in [0.25, 0.3) is 13.4 Å². The number of nitrogens with one attached hydrogen (secondary N) is 1. The predicted molar refractivity (Wildman–Crippen MR) is 107 cm³/mol. The van der Waals surface area contributed by atoms with Crippen molar-refractivity contribution in [1.29, 1.82) is 0 Å². The zero-order valence-corrected chi connectivity index (χ0v) is 22.6. The van der Waals surface area contributed by atoms with Crippen molar-refractivity contribution >= 4 is 15.6 Å². The summed E-state index contributed by atoms with van der Waals surface area (Å²) in [5.41, 5.74) is -1.76. The molecule has 1 aromatic rings. The van der Waals surface area contributed by atoms with E-state index in [0.717, 1.165) is 12.3 Å². The Bertz CT molecular complexity index is 1130. The standard InChI is InChI=1S/C15H24N2O17P2.Na/c18-3-5-8(20)10(22)12(24)14(32-5)33-36(28,29)34-35(26,27)30-4-6-9(21)11(23)13(31-6)17-2-1-7(19)16-15(17)25;/h1-2,5-6,8-14,18,20-24H,3-4H2,(H,26,27)(H,28,29)(H,16,19,25);/q;+1/p-1/t5?,6?,8?,9?,10?,11?,12?,13-,14?;/m0./s1. The van der Waals surface area contributed by atoms with Crippen LogP contribution in [-0.4, -0.2) is 107 Å². The van der Waals surface area contributed by atoms with Crippen molar-refractivity contribution < 1.29 is 102 Å². The van der Waals surface area contributed by atoms with Crippen LogP contribution in [0, 0.1) is 0 Å². The van der Waals surface area contributed by atoms with Crippen LogP contribution in [0.15, 0.2) is 21.9 Å². The number of aliphatic hydroxyl groups is 6. The minimum atomic E-state index is -5.84. The van der Waals surface area contributed by atoms with Crippen LogP contribution in [0.25, 0.3) is 0 Å². The first-order valence-corrected chi connectivity index (χ1v) is 12.9. The minimum Gasteiger partial charge on any atom is -0.756 e. The molecule has 3 heterocycles. The number of nitrogens with zero attached hydrogens (tertiary/aromatic N) is 1. The number of aromatic nitrogens is 2. The molecule has 0 amide bonds. The number of H-pyrrole nitrogens is 1. The summed E-state index contributed by atoms with van der Waals surface area (Å²) in [4.78, 5) is 46.7. The molecule has 3 rings (SSSR count). The van der Waals surface area contributed by atoms with E-state index in [9.17, 15) is 54.0 Å².